The van der Waals surface area contributed by atoms with Crippen LogP contribution in [0.5, 0.6) is 0 Å². The fourth-order valence-corrected chi connectivity index (χ4v) is 2.41. The number of nitrogens with one attached hydrogen (secondary N) is 1. The van der Waals surface area contributed by atoms with Gasteiger partial charge in [-0.1, -0.05) is 11.8 Å². The quantitative estimate of drug-likeness (QED) is 0.792. The zero-order valence-electron chi connectivity index (χ0n) is 9.24. The van der Waals surface area contributed by atoms with Crippen LogP contribution in [0.1, 0.15) is 19.4 Å². The van der Waals surface area contributed by atoms with Gasteiger partial charge in [-0.3, -0.25) is 9.98 Å². The van der Waals surface area contributed by atoms with Gasteiger partial charge in [0.25, 0.3) is 0 Å². The first-order valence-electron chi connectivity index (χ1n) is 4.97. The summed E-state index contributed by atoms with van der Waals surface area (Å²) in [6.45, 7) is 6.35. The lowest BCUT2D eigenvalue weighted by Gasteiger charge is -2.09. The van der Waals surface area contributed by atoms with Crippen molar-refractivity contribution in [3.8, 4) is 0 Å². The molecule has 2 rings (SSSR count). The predicted molar refractivity (Wildman–Crippen MR) is 66.6 cm³/mol. The topological polar surface area (TPSA) is 37.3 Å². The lowest BCUT2D eigenvalue weighted by atomic mass is 10.1. The molecule has 0 aromatic carbocycles. The second-order valence-electron chi connectivity index (χ2n) is 4.33. The van der Waals surface area contributed by atoms with E-state index >= 15 is 0 Å². The molecule has 4 heteroatoms. The van der Waals surface area contributed by atoms with Gasteiger partial charge in [0.05, 0.1) is 17.4 Å². The van der Waals surface area contributed by atoms with Crippen LogP contribution in [0.4, 0.5) is 5.69 Å². The van der Waals surface area contributed by atoms with Crippen molar-refractivity contribution in [3.05, 3.63) is 24.0 Å². The van der Waals surface area contributed by atoms with Crippen molar-refractivity contribution in [3.63, 3.8) is 0 Å². The Morgan fingerprint density at radius 2 is 2.27 bits per heavy atom. The van der Waals surface area contributed by atoms with E-state index in [9.17, 15) is 0 Å². The normalized spacial score (nSPS) is 18.7. The molecule has 0 amide bonds. The van der Waals surface area contributed by atoms with Gasteiger partial charge in [-0.05, 0) is 32.4 Å². The van der Waals surface area contributed by atoms with Crippen molar-refractivity contribution in [1.82, 2.24) is 4.98 Å². The van der Waals surface area contributed by atoms with Crippen LogP contribution in [0.15, 0.2) is 23.5 Å². The summed E-state index contributed by atoms with van der Waals surface area (Å²) in [5.41, 5.74) is 2.29. The number of hydrogen-bond acceptors (Lipinski definition) is 4. The summed E-state index contributed by atoms with van der Waals surface area (Å²) >= 11 is 1.76. The molecule has 0 bridgehead atoms. The summed E-state index contributed by atoms with van der Waals surface area (Å²) in [6.07, 6.45) is 3.64. The molecule has 0 fully saturated rings. The number of aryl methyl sites for hydroxylation is 1. The van der Waals surface area contributed by atoms with Crippen molar-refractivity contribution >= 4 is 22.6 Å². The number of nitrogens with zero attached hydrogens (tertiary/aromatic N) is 2. The van der Waals surface area contributed by atoms with E-state index in [0.29, 0.717) is 0 Å². The van der Waals surface area contributed by atoms with Gasteiger partial charge in [0.15, 0.2) is 5.17 Å². The smallest absolute Gasteiger partial charge is 0.161 e. The first-order valence-corrected chi connectivity index (χ1v) is 5.96. The molecule has 1 N–H and O–H groups in total. The Morgan fingerprint density at radius 1 is 1.47 bits per heavy atom. The predicted octanol–water partition coefficient (Wildman–Crippen LogP) is 2.68. The van der Waals surface area contributed by atoms with Crippen molar-refractivity contribution in [1.29, 1.82) is 0 Å². The first kappa shape index (κ1) is 10.5. The number of aromatic nitrogens is 1. The highest BCUT2D eigenvalue weighted by Crippen LogP contribution is 2.28. The lowest BCUT2D eigenvalue weighted by Crippen LogP contribution is -2.15. The van der Waals surface area contributed by atoms with E-state index in [1.807, 2.05) is 12.3 Å². The summed E-state index contributed by atoms with van der Waals surface area (Å²) in [5.74, 6) is 1.04. The summed E-state index contributed by atoms with van der Waals surface area (Å²) in [6, 6.07) is 1.99. The van der Waals surface area contributed by atoms with E-state index < -0.39 is 0 Å². The summed E-state index contributed by atoms with van der Waals surface area (Å²) in [4.78, 5) is 8.69. The standard InChI is InChI=1S/C11H15N3S/c1-8-4-5-12-6-9(8)13-10-14-11(2,3)7-15-10/h4-6H,7H2,1-3H3,(H,13,14). The van der Waals surface area contributed by atoms with Crippen LogP contribution in [0, 0.1) is 6.92 Å². The van der Waals surface area contributed by atoms with E-state index in [4.69, 9.17) is 0 Å². The number of amidine groups is 1. The third kappa shape index (κ3) is 2.50. The molecule has 0 atom stereocenters. The highest BCUT2D eigenvalue weighted by molar-refractivity contribution is 8.14. The van der Waals surface area contributed by atoms with Crippen molar-refractivity contribution in [2.45, 2.75) is 26.3 Å². The monoisotopic (exact) mass is 221 g/mol. The third-order valence-electron chi connectivity index (χ3n) is 2.25. The molecule has 3 nitrogen and oxygen atoms in total. The molecule has 0 saturated carbocycles. The van der Waals surface area contributed by atoms with Crippen LogP contribution < -0.4 is 5.32 Å². The van der Waals surface area contributed by atoms with Crippen molar-refractivity contribution < 1.29 is 0 Å². The van der Waals surface area contributed by atoms with Crippen LogP contribution in [-0.4, -0.2) is 21.4 Å². The molecule has 1 aliphatic heterocycles. The van der Waals surface area contributed by atoms with Crippen LogP contribution in [0.3, 0.4) is 0 Å². The molecule has 0 saturated heterocycles. The highest BCUT2D eigenvalue weighted by Gasteiger charge is 2.25. The third-order valence-corrected chi connectivity index (χ3v) is 3.56. The molecule has 15 heavy (non-hydrogen) atoms. The molecular weight excluding hydrogens is 206 g/mol. The van der Waals surface area contributed by atoms with Gasteiger partial charge in [-0.2, -0.15) is 0 Å². The molecule has 0 radical (unpaired) electrons. The molecule has 2 heterocycles. The van der Waals surface area contributed by atoms with Crippen LogP contribution in [0.2, 0.25) is 0 Å². The van der Waals surface area contributed by atoms with E-state index in [2.05, 4.69) is 36.1 Å². The van der Waals surface area contributed by atoms with Gasteiger partial charge in [0, 0.05) is 11.9 Å². The van der Waals surface area contributed by atoms with Crippen molar-refractivity contribution in [2.75, 3.05) is 11.1 Å². The van der Waals surface area contributed by atoms with Gasteiger partial charge < -0.3 is 5.32 Å². The Bertz CT molecular complexity index is 399. The maximum absolute atomic E-state index is 4.60. The second kappa shape index (κ2) is 3.85. The average molecular weight is 221 g/mol. The fourth-order valence-electron chi connectivity index (χ4n) is 1.36. The minimum Gasteiger partial charge on any atom is -0.333 e. The first-order chi connectivity index (χ1) is 7.07. The molecular formula is C11H15N3S. The van der Waals surface area contributed by atoms with Crippen molar-refractivity contribution in [2.24, 2.45) is 4.99 Å². The molecule has 1 aliphatic rings. The number of pyridine rings is 1. The fraction of sp³-hybridized carbons (Fsp3) is 0.455. The average Bonchev–Trinajstić information content (AvgIpc) is 2.50. The van der Waals surface area contributed by atoms with E-state index in [1.54, 1.807) is 18.0 Å². The highest BCUT2D eigenvalue weighted by atomic mass is 32.2. The molecule has 0 unspecified atom stereocenters. The lowest BCUT2D eigenvalue weighted by molar-refractivity contribution is 0.605. The number of rotatable bonds is 1. The van der Waals surface area contributed by atoms with E-state index in [-0.39, 0.29) is 5.54 Å². The molecule has 1 aromatic heterocycles. The molecule has 1 aromatic rings. The zero-order chi connectivity index (χ0) is 10.9. The minimum absolute atomic E-state index is 0.0586. The van der Waals surface area contributed by atoms with E-state index in [0.717, 1.165) is 16.6 Å². The SMILES string of the molecule is Cc1ccncc1NC1=NC(C)(C)CS1. The second-order valence-corrected chi connectivity index (χ2v) is 5.30. The Balaban J connectivity index is 2.14. The largest absolute Gasteiger partial charge is 0.333 e. The van der Waals surface area contributed by atoms with Crippen LogP contribution >= 0.6 is 11.8 Å². The van der Waals surface area contributed by atoms with Gasteiger partial charge >= 0.3 is 0 Å². The maximum Gasteiger partial charge on any atom is 0.161 e. The molecule has 0 aliphatic carbocycles. The zero-order valence-corrected chi connectivity index (χ0v) is 10.1. The number of hydrogen-bond donors (Lipinski definition) is 1. The van der Waals surface area contributed by atoms with Crippen LogP contribution in [0.25, 0.3) is 0 Å². The number of thioether (sulfide) groups is 1. The number of anilines is 1. The Kier molecular flexibility index (Phi) is 2.69. The van der Waals surface area contributed by atoms with Gasteiger partial charge in [-0.25, -0.2) is 0 Å². The minimum atomic E-state index is 0.0586. The molecule has 0 spiro atoms. The van der Waals surface area contributed by atoms with E-state index in [1.165, 1.54) is 5.56 Å². The Morgan fingerprint density at radius 3 is 2.87 bits per heavy atom. The summed E-state index contributed by atoms with van der Waals surface area (Å²) in [7, 11) is 0. The maximum atomic E-state index is 4.60. The van der Waals surface area contributed by atoms with Crippen LogP contribution in [-0.2, 0) is 0 Å². The van der Waals surface area contributed by atoms with Gasteiger partial charge in [0.1, 0.15) is 0 Å². The van der Waals surface area contributed by atoms with Gasteiger partial charge in [-0.15, -0.1) is 0 Å². The number of aliphatic imine (C=N–C) groups is 1. The van der Waals surface area contributed by atoms with Gasteiger partial charge in [0.2, 0.25) is 0 Å². The summed E-state index contributed by atoms with van der Waals surface area (Å²) in [5, 5.41) is 4.31. The molecule has 80 valence electrons. The summed E-state index contributed by atoms with van der Waals surface area (Å²) < 4.78 is 0. The Labute approximate surface area is 94.4 Å². The Hall–Kier alpha value is -1.03.